The number of rotatable bonds is 12. The third kappa shape index (κ3) is 13.9. The van der Waals surface area contributed by atoms with Crippen LogP contribution in [0, 0.1) is 10.8 Å². The van der Waals surface area contributed by atoms with Gasteiger partial charge in [-0.1, -0.05) is 54.5 Å². The van der Waals surface area contributed by atoms with E-state index in [0.717, 1.165) is 0 Å². The first-order chi connectivity index (χ1) is 19.0. The number of hydrogen-bond donors (Lipinski definition) is 2. The minimum Gasteiger partial charge on any atom is -0.480 e. The summed E-state index contributed by atoms with van der Waals surface area (Å²) < 4.78 is 31.4. The van der Waals surface area contributed by atoms with Crippen molar-refractivity contribution in [3.63, 3.8) is 0 Å². The summed E-state index contributed by atoms with van der Waals surface area (Å²) >= 11 is 0. The average Bonchev–Trinajstić information content (AvgIpc) is 2.81. The molecule has 0 fully saturated rings. The van der Waals surface area contributed by atoms with Gasteiger partial charge in [0, 0.05) is 12.8 Å². The fourth-order valence-electron chi connectivity index (χ4n) is 3.26. The van der Waals surface area contributed by atoms with Gasteiger partial charge in [-0.05, 0) is 55.7 Å². The Morgan fingerprint density at radius 3 is 1.79 bits per heavy atom. The van der Waals surface area contributed by atoms with Crippen LogP contribution in [0.5, 0.6) is 11.5 Å². The fourth-order valence-corrected chi connectivity index (χ4v) is 3.26. The summed E-state index contributed by atoms with van der Waals surface area (Å²) in [7, 11) is 0. The second-order valence-corrected chi connectivity index (χ2v) is 13.4. The number of carboxylic acid groups (broad SMARTS) is 1. The van der Waals surface area contributed by atoms with E-state index < -0.39 is 41.7 Å². The smallest absolute Gasteiger partial charge is 0.480 e. The Hall–Kier alpha value is -3.54. The van der Waals surface area contributed by atoms with Gasteiger partial charge in [-0.25, -0.2) is 14.4 Å². The number of ether oxygens (including phenoxy) is 6. The standard InChI is InChI=1S/C30H47NO11/c1-11-29(9,10)42-26(36)39-19(2)15-30(31,23(32)33)16-20-12-13-21(40-24(34)37-17-27(3,4)5)22(14-20)41-25(35)38-18-28(6,7)8/h12-14,19H,11,15-18,31H2,1-10H3,(H,32,33)/t19-,30?/m0/s1. The van der Waals surface area contributed by atoms with Crippen molar-refractivity contribution in [3.05, 3.63) is 23.8 Å². The fraction of sp³-hybridized carbons (Fsp3) is 0.667. The van der Waals surface area contributed by atoms with E-state index in [0.29, 0.717) is 12.0 Å². The van der Waals surface area contributed by atoms with E-state index in [1.807, 2.05) is 48.5 Å². The van der Waals surface area contributed by atoms with E-state index in [1.54, 1.807) is 13.8 Å². The molecular weight excluding hydrogens is 550 g/mol. The van der Waals surface area contributed by atoms with Crippen molar-refractivity contribution in [2.75, 3.05) is 13.2 Å². The van der Waals surface area contributed by atoms with Crippen molar-refractivity contribution in [1.82, 2.24) is 0 Å². The molecule has 0 aliphatic rings. The molecule has 0 aliphatic heterocycles. The summed E-state index contributed by atoms with van der Waals surface area (Å²) in [5.41, 5.74) is 3.31. The molecule has 0 aromatic heterocycles. The van der Waals surface area contributed by atoms with Crippen LogP contribution in [0.2, 0.25) is 0 Å². The Morgan fingerprint density at radius 1 is 0.833 bits per heavy atom. The second-order valence-electron chi connectivity index (χ2n) is 13.4. The molecule has 3 N–H and O–H groups in total. The van der Waals surface area contributed by atoms with Gasteiger partial charge in [0.1, 0.15) is 17.2 Å². The molecule has 0 saturated carbocycles. The van der Waals surface area contributed by atoms with Crippen molar-refractivity contribution < 1.29 is 52.7 Å². The molecule has 42 heavy (non-hydrogen) atoms. The maximum Gasteiger partial charge on any atom is 0.513 e. The lowest BCUT2D eigenvalue weighted by Crippen LogP contribution is -2.52. The Morgan fingerprint density at radius 2 is 1.33 bits per heavy atom. The topological polar surface area (TPSA) is 170 Å². The number of nitrogens with two attached hydrogens (primary N) is 1. The quantitative estimate of drug-likeness (QED) is 0.158. The normalized spacial score (nSPS) is 14.2. The monoisotopic (exact) mass is 597 g/mol. The minimum absolute atomic E-state index is 0.0516. The highest BCUT2D eigenvalue weighted by atomic mass is 16.8. The predicted octanol–water partition coefficient (Wildman–Crippen LogP) is 6.25. The van der Waals surface area contributed by atoms with Crippen LogP contribution in [0.4, 0.5) is 14.4 Å². The van der Waals surface area contributed by atoms with E-state index in [1.165, 1.54) is 25.1 Å². The van der Waals surface area contributed by atoms with Gasteiger partial charge in [0.05, 0.1) is 13.2 Å². The van der Waals surface area contributed by atoms with E-state index >= 15 is 0 Å². The first-order valence-electron chi connectivity index (χ1n) is 13.8. The van der Waals surface area contributed by atoms with E-state index in [4.69, 9.17) is 34.2 Å². The SMILES string of the molecule is CCC(C)(C)OC(=O)O[C@@H](C)CC(N)(Cc1ccc(OC(=O)OCC(C)(C)C)c(OC(=O)OCC(C)(C)C)c1)C(=O)O. The van der Waals surface area contributed by atoms with Crippen LogP contribution in [0.15, 0.2) is 18.2 Å². The van der Waals surface area contributed by atoms with Crippen molar-refractivity contribution in [3.8, 4) is 11.5 Å². The van der Waals surface area contributed by atoms with Gasteiger partial charge in [0.25, 0.3) is 0 Å². The summed E-state index contributed by atoms with van der Waals surface area (Å²) in [5, 5.41) is 9.97. The number of aliphatic carboxylic acids is 1. The van der Waals surface area contributed by atoms with E-state index in [-0.39, 0.29) is 48.4 Å². The van der Waals surface area contributed by atoms with E-state index in [2.05, 4.69) is 0 Å². The highest BCUT2D eigenvalue weighted by Crippen LogP contribution is 2.32. The molecule has 12 nitrogen and oxygen atoms in total. The molecule has 0 heterocycles. The Bertz CT molecular complexity index is 1100. The molecule has 238 valence electrons. The van der Waals surface area contributed by atoms with Crippen LogP contribution < -0.4 is 15.2 Å². The lowest BCUT2D eigenvalue weighted by atomic mass is 9.86. The molecule has 1 aromatic carbocycles. The number of carboxylic acids is 1. The number of carbonyl (C=O) groups excluding carboxylic acids is 3. The Labute approximate surface area is 248 Å². The van der Waals surface area contributed by atoms with Crippen LogP contribution in [-0.2, 0) is 30.2 Å². The average molecular weight is 598 g/mol. The first kappa shape index (κ1) is 36.5. The summed E-state index contributed by atoms with van der Waals surface area (Å²) in [6.07, 6.45) is -3.88. The third-order valence-corrected chi connectivity index (χ3v) is 5.75. The highest BCUT2D eigenvalue weighted by Gasteiger charge is 2.38. The zero-order chi connectivity index (χ0) is 32.5. The maximum atomic E-state index is 12.4. The van der Waals surface area contributed by atoms with Gasteiger partial charge >= 0.3 is 24.4 Å². The molecule has 0 saturated heterocycles. The van der Waals surface area contributed by atoms with Gasteiger partial charge < -0.3 is 39.3 Å². The van der Waals surface area contributed by atoms with Gasteiger partial charge in [-0.2, -0.15) is 0 Å². The van der Waals surface area contributed by atoms with Crippen LogP contribution >= 0.6 is 0 Å². The predicted molar refractivity (Wildman–Crippen MR) is 154 cm³/mol. The summed E-state index contributed by atoms with van der Waals surface area (Å²) in [6, 6.07) is 4.11. The molecule has 0 spiro atoms. The molecule has 2 atom stereocenters. The number of carbonyl (C=O) groups is 4. The molecule has 0 radical (unpaired) electrons. The van der Waals surface area contributed by atoms with Gasteiger partial charge in [-0.3, -0.25) is 4.79 Å². The van der Waals surface area contributed by atoms with Crippen molar-refractivity contribution in [2.24, 2.45) is 16.6 Å². The van der Waals surface area contributed by atoms with Crippen molar-refractivity contribution in [2.45, 2.75) is 106 Å². The van der Waals surface area contributed by atoms with Crippen LogP contribution in [0.1, 0.15) is 87.6 Å². The first-order valence-corrected chi connectivity index (χ1v) is 13.8. The molecule has 1 aromatic rings. The van der Waals surface area contributed by atoms with Crippen molar-refractivity contribution in [1.29, 1.82) is 0 Å². The third-order valence-electron chi connectivity index (χ3n) is 5.75. The highest BCUT2D eigenvalue weighted by molar-refractivity contribution is 5.79. The van der Waals surface area contributed by atoms with Gasteiger partial charge in [0.2, 0.25) is 0 Å². The van der Waals surface area contributed by atoms with Crippen molar-refractivity contribution >= 4 is 24.4 Å². The lowest BCUT2D eigenvalue weighted by molar-refractivity contribution is -0.145. The van der Waals surface area contributed by atoms with Crippen LogP contribution in [-0.4, -0.2) is 60.0 Å². The summed E-state index contributed by atoms with van der Waals surface area (Å²) in [5.74, 6) is -1.71. The molecular formula is C30H47NO11. The van der Waals surface area contributed by atoms with E-state index in [9.17, 15) is 24.3 Å². The minimum atomic E-state index is -1.89. The molecule has 0 bridgehead atoms. The zero-order valence-corrected chi connectivity index (χ0v) is 26.5. The molecule has 1 rings (SSSR count). The lowest BCUT2D eigenvalue weighted by Gasteiger charge is -2.29. The molecule has 12 heteroatoms. The second kappa shape index (κ2) is 14.6. The number of hydrogen-bond acceptors (Lipinski definition) is 11. The largest absolute Gasteiger partial charge is 0.513 e. The Balaban J connectivity index is 3.20. The van der Waals surface area contributed by atoms with Crippen LogP contribution in [0.25, 0.3) is 0 Å². The summed E-state index contributed by atoms with van der Waals surface area (Å²) in [6.45, 7) is 18.1. The number of benzene rings is 1. The van der Waals surface area contributed by atoms with Crippen LogP contribution in [0.3, 0.4) is 0 Å². The molecule has 0 aliphatic carbocycles. The molecule has 0 amide bonds. The maximum absolute atomic E-state index is 12.4. The molecule has 1 unspecified atom stereocenters. The Kier molecular flexibility index (Phi) is 12.7. The zero-order valence-electron chi connectivity index (χ0n) is 26.5. The van der Waals surface area contributed by atoms with Gasteiger partial charge in [0.15, 0.2) is 11.5 Å². The summed E-state index contributed by atoms with van der Waals surface area (Å²) in [4.78, 5) is 49.2. The van der Waals surface area contributed by atoms with Gasteiger partial charge in [-0.15, -0.1) is 0 Å².